The molecule has 2 fully saturated rings. The lowest BCUT2D eigenvalue weighted by Gasteiger charge is -2.29. The molecule has 1 N–H and O–H groups in total. The van der Waals surface area contributed by atoms with Crippen LogP contribution in [0.5, 0.6) is 5.88 Å². The van der Waals surface area contributed by atoms with E-state index in [0.29, 0.717) is 38.6 Å². The lowest BCUT2D eigenvalue weighted by Crippen LogP contribution is -2.43. The van der Waals surface area contributed by atoms with Gasteiger partial charge in [0.2, 0.25) is 23.6 Å². The number of hydrogen-bond acceptors (Lipinski definition) is 9. The maximum absolute atomic E-state index is 14.0. The molecule has 8 rings (SSSR count). The SMILES string of the molecule is CC(C)Oc1ccc(-c2n[nH]c3ccc(N4CCC5(CCN(CC(=O)N6CC=C(c7ccc(-c8nn(C)c(=O)o8)cc7)CC6)C5)C4=O)cc23)cn1. The van der Waals surface area contributed by atoms with Crippen LogP contribution in [0.1, 0.15) is 38.7 Å². The van der Waals surface area contributed by atoms with Crippen molar-refractivity contribution >= 4 is 34.0 Å². The van der Waals surface area contributed by atoms with Gasteiger partial charge >= 0.3 is 5.76 Å². The summed E-state index contributed by atoms with van der Waals surface area (Å²) in [7, 11) is 1.55. The summed E-state index contributed by atoms with van der Waals surface area (Å²) in [4.78, 5) is 49.5. The fourth-order valence-corrected chi connectivity index (χ4v) is 7.50. The van der Waals surface area contributed by atoms with E-state index in [-0.39, 0.29) is 23.8 Å². The zero-order valence-electron chi connectivity index (χ0n) is 29.0. The number of likely N-dealkylation sites (tertiary alicyclic amines) is 1. The molecule has 3 aromatic heterocycles. The smallest absolute Gasteiger partial charge is 0.437 e. The van der Waals surface area contributed by atoms with Gasteiger partial charge in [0.25, 0.3) is 0 Å². The Kier molecular flexibility index (Phi) is 8.29. The normalized spacial score (nSPS) is 19.5. The van der Waals surface area contributed by atoms with Crippen LogP contribution >= 0.6 is 0 Å². The van der Waals surface area contributed by atoms with Crippen molar-refractivity contribution in [1.29, 1.82) is 0 Å². The van der Waals surface area contributed by atoms with E-state index < -0.39 is 11.2 Å². The molecule has 1 atom stereocenters. The average Bonchev–Trinajstić information content (AvgIpc) is 3.91. The summed E-state index contributed by atoms with van der Waals surface area (Å²) in [6, 6.07) is 17.5. The third-order valence-electron chi connectivity index (χ3n) is 10.3. The molecule has 0 aliphatic carbocycles. The van der Waals surface area contributed by atoms with E-state index in [1.807, 2.05) is 78.2 Å². The topological polar surface area (TPSA) is 143 Å². The van der Waals surface area contributed by atoms with Crippen LogP contribution in [0.15, 0.2) is 76.1 Å². The minimum Gasteiger partial charge on any atom is -0.475 e. The van der Waals surface area contributed by atoms with E-state index in [4.69, 9.17) is 9.15 Å². The van der Waals surface area contributed by atoms with E-state index in [0.717, 1.165) is 64.8 Å². The largest absolute Gasteiger partial charge is 0.475 e. The standard InChI is InChI=1S/C38H40N8O5/c1-24(2)50-32-11-8-28(21-39-32)34-30-20-29(9-10-31(30)40-41-34)46-19-15-38(36(46)48)14-18-44(23-38)22-33(47)45-16-12-26(13-17-45)25-4-6-27(7-5-25)35-42-43(3)37(49)51-35/h4-12,20-21,24H,13-19,22-23H2,1-3H3,(H,40,41). The molecule has 1 spiro atoms. The molecule has 3 aliphatic rings. The summed E-state index contributed by atoms with van der Waals surface area (Å²) in [5.74, 6) is 0.566. The second kappa shape index (κ2) is 13.0. The van der Waals surface area contributed by atoms with E-state index in [1.165, 1.54) is 10.3 Å². The molecular formula is C38H40N8O5. The summed E-state index contributed by atoms with van der Waals surface area (Å²) < 4.78 is 12.0. The predicted octanol–water partition coefficient (Wildman–Crippen LogP) is 4.51. The van der Waals surface area contributed by atoms with Crippen LogP contribution in [0.3, 0.4) is 0 Å². The Morgan fingerprint density at radius 1 is 1.00 bits per heavy atom. The highest BCUT2D eigenvalue weighted by atomic mass is 16.5. The van der Waals surface area contributed by atoms with Crippen LogP contribution in [-0.4, -0.2) is 91.9 Å². The number of hydrogen-bond donors (Lipinski definition) is 1. The molecule has 2 aromatic carbocycles. The second-order valence-electron chi connectivity index (χ2n) is 14.0. The Morgan fingerprint density at radius 3 is 2.49 bits per heavy atom. The first-order valence-corrected chi connectivity index (χ1v) is 17.4. The molecule has 0 saturated carbocycles. The second-order valence-corrected chi connectivity index (χ2v) is 14.0. The molecule has 51 heavy (non-hydrogen) atoms. The number of benzene rings is 2. The number of ether oxygens (including phenoxy) is 1. The Morgan fingerprint density at radius 2 is 1.78 bits per heavy atom. The number of carbonyl (C=O) groups excluding carboxylic acids is 2. The molecule has 13 nitrogen and oxygen atoms in total. The van der Waals surface area contributed by atoms with Crippen LogP contribution in [0.2, 0.25) is 0 Å². The van der Waals surface area contributed by atoms with Crippen molar-refractivity contribution in [2.45, 2.75) is 39.2 Å². The minimum absolute atomic E-state index is 0.0384. The van der Waals surface area contributed by atoms with Gasteiger partial charge in [0, 0.05) is 67.7 Å². The molecule has 5 aromatic rings. The Hall–Kier alpha value is -5.56. The summed E-state index contributed by atoms with van der Waals surface area (Å²) >= 11 is 0. The van der Waals surface area contributed by atoms with Crippen LogP contribution in [0.25, 0.3) is 39.2 Å². The molecule has 13 heteroatoms. The van der Waals surface area contributed by atoms with E-state index >= 15 is 0 Å². The number of pyridine rings is 1. The molecular weight excluding hydrogens is 648 g/mol. The molecule has 0 radical (unpaired) electrons. The van der Waals surface area contributed by atoms with Gasteiger partial charge in [0.15, 0.2) is 0 Å². The molecule has 6 heterocycles. The average molecular weight is 689 g/mol. The number of aromatic nitrogens is 5. The van der Waals surface area contributed by atoms with Gasteiger partial charge in [-0.3, -0.25) is 19.6 Å². The van der Waals surface area contributed by atoms with Crippen molar-refractivity contribution in [2.75, 3.05) is 44.2 Å². The van der Waals surface area contributed by atoms with Gasteiger partial charge in [-0.25, -0.2) is 9.78 Å². The van der Waals surface area contributed by atoms with E-state index in [1.54, 1.807) is 13.2 Å². The summed E-state index contributed by atoms with van der Waals surface area (Å²) in [5, 5.41) is 12.7. The van der Waals surface area contributed by atoms with Gasteiger partial charge in [-0.2, -0.15) is 9.78 Å². The van der Waals surface area contributed by atoms with Crippen molar-refractivity contribution < 1.29 is 18.7 Å². The lowest BCUT2D eigenvalue weighted by molar-refractivity contribution is -0.132. The maximum Gasteiger partial charge on any atom is 0.437 e. The number of aromatic amines is 1. The number of fused-ring (bicyclic) bond motifs is 1. The fraction of sp³-hybridized carbons (Fsp3) is 0.368. The monoisotopic (exact) mass is 688 g/mol. The maximum atomic E-state index is 14.0. The molecule has 3 aliphatic heterocycles. The molecule has 2 amide bonds. The Bertz CT molecular complexity index is 2200. The van der Waals surface area contributed by atoms with Gasteiger partial charge < -0.3 is 19.0 Å². The van der Waals surface area contributed by atoms with Crippen molar-refractivity contribution in [1.82, 2.24) is 34.8 Å². The molecule has 1 unspecified atom stereocenters. The minimum atomic E-state index is -0.498. The highest BCUT2D eigenvalue weighted by Gasteiger charge is 2.51. The summed E-state index contributed by atoms with van der Waals surface area (Å²) in [6.07, 6.45) is 6.16. The van der Waals surface area contributed by atoms with Crippen molar-refractivity contribution in [2.24, 2.45) is 12.5 Å². The van der Waals surface area contributed by atoms with Crippen molar-refractivity contribution in [3.05, 3.63) is 83.0 Å². The molecule has 2 saturated heterocycles. The van der Waals surface area contributed by atoms with Gasteiger partial charge in [0.05, 0.1) is 23.6 Å². The Labute approximate surface area is 294 Å². The predicted molar refractivity (Wildman–Crippen MR) is 192 cm³/mol. The summed E-state index contributed by atoms with van der Waals surface area (Å²) in [6.45, 7) is 7.36. The molecule has 0 bridgehead atoms. The quantitative estimate of drug-likeness (QED) is 0.249. The number of amides is 2. The third-order valence-corrected chi connectivity index (χ3v) is 10.3. The van der Waals surface area contributed by atoms with Gasteiger partial charge in [0.1, 0.15) is 5.69 Å². The Balaban J connectivity index is 0.887. The van der Waals surface area contributed by atoms with Crippen LogP contribution in [0.4, 0.5) is 5.69 Å². The highest BCUT2D eigenvalue weighted by Crippen LogP contribution is 2.43. The zero-order valence-corrected chi connectivity index (χ0v) is 29.0. The van der Waals surface area contributed by atoms with E-state index in [2.05, 4.69) is 31.3 Å². The van der Waals surface area contributed by atoms with Crippen LogP contribution < -0.4 is 15.4 Å². The van der Waals surface area contributed by atoms with Crippen molar-refractivity contribution in [3.63, 3.8) is 0 Å². The zero-order chi connectivity index (χ0) is 35.3. The number of anilines is 1. The first-order chi connectivity index (χ1) is 24.7. The van der Waals surface area contributed by atoms with E-state index in [9.17, 15) is 14.4 Å². The number of H-pyrrole nitrogens is 1. The first-order valence-electron chi connectivity index (χ1n) is 17.4. The van der Waals surface area contributed by atoms with Crippen LogP contribution in [0, 0.1) is 5.41 Å². The lowest BCUT2D eigenvalue weighted by atomic mass is 9.85. The number of nitrogens with zero attached hydrogens (tertiary/aromatic N) is 7. The van der Waals surface area contributed by atoms with Crippen molar-refractivity contribution in [3.8, 4) is 28.6 Å². The third kappa shape index (κ3) is 6.22. The van der Waals surface area contributed by atoms with Crippen LogP contribution in [-0.2, 0) is 16.6 Å². The fourth-order valence-electron chi connectivity index (χ4n) is 7.50. The summed E-state index contributed by atoms with van der Waals surface area (Å²) in [5.41, 5.74) is 5.87. The number of nitrogens with one attached hydrogen (secondary N) is 1. The highest BCUT2D eigenvalue weighted by molar-refractivity contribution is 6.03. The van der Waals surface area contributed by atoms with Gasteiger partial charge in [-0.05, 0) is 87.2 Å². The van der Waals surface area contributed by atoms with Gasteiger partial charge in [-0.15, -0.1) is 5.10 Å². The van der Waals surface area contributed by atoms with Gasteiger partial charge in [-0.1, -0.05) is 18.2 Å². The number of aryl methyl sites for hydroxylation is 1. The molecule has 262 valence electrons. The first kappa shape index (κ1) is 32.6. The number of rotatable bonds is 8. The number of carbonyl (C=O) groups is 2.